The van der Waals surface area contributed by atoms with Gasteiger partial charge in [0.05, 0.1) is 16.8 Å². The first-order valence-electron chi connectivity index (χ1n) is 7.65. The van der Waals surface area contributed by atoms with E-state index in [-0.39, 0.29) is 23.7 Å². The highest BCUT2D eigenvalue weighted by Crippen LogP contribution is 2.46. The summed E-state index contributed by atoms with van der Waals surface area (Å²) < 4.78 is 0. The Bertz CT molecular complexity index is 446. The standard InChI is InChI=1S/C15H22N2O2S/c1-9-5-7-15(8-6-9,14(16)20)17-12(18)10-3-2-4-11(10)13(17)19/h9-11H,2-8H2,1H3,(H2,16,20). The minimum absolute atomic E-state index is 0.0140. The number of rotatable bonds is 2. The molecule has 3 aliphatic rings. The average molecular weight is 294 g/mol. The van der Waals surface area contributed by atoms with Gasteiger partial charge in [-0.2, -0.15) is 0 Å². The van der Waals surface area contributed by atoms with E-state index in [1.807, 2.05) is 0 Å². The molecule has 1 aliphatic heterocycles. The second kappa shape index (κ2) is 4.79. The Morgan fingerprint density at radius 3 is 2.10 bits per heavy atom. The number of nitrogens with zero attached hydrogens (tertiary/aromatic N) is 1. The fourth-order valence-corrected chi connectivity index (χ4v) is 4.53. The summed E-state index contributed by atoms with van der Waals surface area (Å²) in [6, 6.07) is 0. The van der Waals surface area contributed by atoms with Crippen molar-refractivity contribution in [3.8, 4) is 0 Å². The largest absolute Gasteiger partial charge is 0.391 e. The minimum atomic E-state index is -0.680. The highest BCUT2D eigenvalue weighted by molar-refractivity contribution is 7.80. The molecule has 2 atom stereocenters. The van der Waals surface area contributed by atoms with Crippen molar-refractivity contribution in [2.75, 3.05) is 0 Å². The highest BCUT2D eigenvalue weighted by atomic mass is 32.1. The van der Waals surface area contributed by atoms with Gasteiger partial charge in [0, 0.05) is 0 Å². The number of amides is 2. The lowest BCUT2D eigenvalue weighted by Crippen LogP contribution is -2.60. The molecular weight excluding hydrogens is 272 g/mol. The van der Waals surface area contributed by atoms with Crippen molar-refractivity contribution in [2.45, 2.75) is 57.4 Å². The predicted molar refractivity (Wildman–Crippen MR) is 79.8 cm³/mol. The summed E-state index contributed by atoms with van der Waals surface area (Å²) in [4.78, 5) is 27.2. The van der Waals surface area contributed by atoms with Crippen molar-refractivity contribution in [3.05, 3.63) is 0 Å². The van der Waals surface area contributed by atoms with Crippen molar-refractivity contribution < 1.29 is 9.59 Å². The molecule has 0 aromatic carbocycles. The quantitative estimate of drug-likeness (QED) is 0.625. The van der Waals surface area contributed by atoms with Crippen LogP contribution in [-0.2, 0) is 9.59 Å². The first kappa shape index (κ1) is 14.0. The van der Waals surface area contributed by atoms with Crippen LogP contribution in [0.4, 0.5) is 0 Å². The minimum Gasteiger partial charge on any atom is -0.391 e. The fraction of sp³-hybridized carbons (Fsp3) is 0.800. The Morgan fingerprint density at radius 2 is 1.65 bits per heavy atom. The number of carbonyl (C=O) groups excluding carboxylic acids is 2. The molecule has 1 heterocycles. The van der Waals surface area contributed by atoms with Gasteiger partial charge in [0.1, 0.15) is 5.54 Å². The number of likely N-dealkylation sites (tertiary alicyclic amines) is 1. The van der Waals surface area contributed by atoms with E-state index in [4.69, 9.17) is 18.0 Å². The Morgan fingerprint density at radius 1 is 1.15 bits per heavy atom. The SMILES string of the molecule is CC1CCC(C(N)=S)(N2C(=O)C3CCCC3C2=O)CC1. The number of nitrogens with two attached hydrogens (primary N) is 1. The molecule has 3 rings (SSSR count). The lowest BCUT2D eigenvalue weighted by atomic mass is 9.76. The van der Waals surface area contributed by atoms with Crippen molar-refractivity contribution >= 4 is 29.0 Å². The first-order chi connectivity index (χ1) is 9.47. The summed E-state index contributed by atoms with van der Waals surface area (Å²) in [6.07, 6.45) is 6.09. The molecule has 0 bridgehead atoms. The van der Waals surface area contributed by atoms with Crippen LogP contribution in [0.3, 0.4) is 0 Å². The molecule has 2 saturated carbocycles. The second-order valence-corrected chi connectivity index (χ2v) is 7.17. The number of hydrogen-bond donors (Lipinski definition) is 1. The molecule has 3 fully saturated rings. The van der Waals surface area contributed by atoms with Gasteiger partial charge in [-0.25, -0.2) is 0 Å². The molecule has 0 aromatic heterocycles. The third-order valence-corrected chi connectivity index (χ3v) is 5.96. The molecule has 2 N–H and O–H groups in total. The molecule has 2 unspecified atom stereocenters. The van der Waals surface area contributed by atoms with Crippen LogP contribution in [0.15, 0.2) is 0 Å². The summed E-state index contributed by atoms with van der Waals surface area (Å²) >= 11 is 5.27. The van der Waals surface area contributed by atoms with Gasteiger partial charge in [-0.05, 0) is 44.4 Å². The third kappa shape index (κ3) is 1.82. The fourth-order valence-electron chi connectivity index (χ4n) is 4.23. The number of thiocarbonyl (C=S) groups is 1. The van der Waals surface area contributed by atoms with Crippen LogP contribution >= 0.6 is 12.2 Å². The first-order valence-corrected chi connectivity index (χ1v) is 8.06. The van der Waals surface area contributed by atoms with Crippen LogP contribution in [-0.4, -0.2) is 27.2 Å². The number of imide groups is 1. The highest BCUT2D eigenvalue weighted by Gasteiger charge is 2.58. The van der Waals surface area contributed by atoms with E-state index in [1.54, 1.807) is 0 Å². The zero-order chi connectivity index (χ0) is 14.5. The molecule has 110 valence electrons. The van der Waals surface area contributed by atoms with Gasteiger partial charge in [0.2, 0.25) is 11.8 Å². The number of fused-ring (bicyclic) bond motifs is 1. The van der Waals surface area contributed by atoms with Gasteiger partial charge >= 0.3 is 0 Å². The van der Waals surface area contributed by atoms with E-state index >= 15 is 0 Å². The molecule has 20 heavy (non-hydrogen) atoms. The lowest BCUT2D eigenvalue weighted by molar-refractivity contribution is -0.146. The van der Waals surface area contributed by atoms with Gasteiger partial charge < -0.3 is 5.73 Å². The molecule has 0 radical (unpaired) electrons. The average Bonchev–Trinajstić information content (AvgIpc) is 2.97. The Balaban J connectivity index is 1.94. The van der Waals surface area contributed by atoms with Crippen LogP contribution in [0.5, 0.6) is 0 Å². The molecule has 2 aliphatic carbocycles. The van der Waals surface area contributed by atoms with Crippen LogP contribution in [0.2, 0.25) is 0 Å². The van der Waals surface area contributed by atoms with Crippen LogP contribution in [0, 0.1) is 17.8 Å². The van der Waals surface area contributed by atoms with Crippen molar-refractivity contribution in [3.63, 3.8) is 0 Å². The number of hydrogen-bond acceptors (Lipinski definition) is 3. The molecule has 0 spiro atoms. The predicted octanol–water partition coefficient (Wildman–Crippen LogP) is 2.01. The van der Waals surface area contributed by atoms with E-state index < -0.39 is 5.54 Å². The lowest BCUT2D eigenvalue weighted by Gasteiger charge is -2.44. The summed E-state index contributed by atoms with van der Waals surface area (Å²) in [5, 5.41) is 0. The zero-order valence-electron chi connectivity index (χ0n) is 11.9. The Labute approximate surface area is 125 Å². The van der Waals surface area contributed by atoms with Gasteiger partial charge in [0.15, 0.2) is 0 Å². The molecule has 5 heteroatoms. The third-order valence-electron chi connectivity index (χ3n) is 5.58. The zero-order valence-corrected chi connectivity index (χ0v) is 12.7. The van der Waals surface area contributed by atoms with Gasteiger partial charge in [-0.15, -0.1) is 0 Å². The van der Waals surface area contributed by atoms with Crippen LogP contribution in [0.25, 0.3) is 0 Å². The van der Waals surface area contributed by atoms with Crippen molar-refractivity contribution in [1.82, 2.24) is 4.90 Å². The van der Waals surface area contributed by atoms with Gasteiger partial charge in [-0.3, -0.25) is 14.5 Å². The smallest absolute Gasteiger partial charge is 0.233 e. The topological polar surface area (TPSA) is 63.4 Å². The second-order valence-electron chi connectivity index (χ2n) is 6.73. The molecule has 4 nitrogen and oxygen atoms in total. The summed E-state index contributed by atoms with van der Waals surface area (Å²) in [6.45, 7) is 2.20. The van der Waals surface area contributed by atoms with Crippen LogP contribution in [0.1, 0.15) is 51.9 Å². The van der Waals surface area contributed by atoms with E-state index in [2.05, 4.69) is 6.92 Å². The van der Waals surface area contributed by atoms with E-state index in [0.29, 0.717) is 10.9 Å². The van der Waals surface area contributed by atoms with Gasteiger partial charge in [0.25, 0.3) is 0 Å². The van der Waals surface area contributed by atoms with Gasteiger partial charge in [-0.1, -0.05) is 25.6 Å². The van der Waals surface area contributed by atoms with Crippen molar-refractivity contribution in [1.29, 1.82) is 0 Å². The maximum absolute atomic E-state index is 12.7. The molecule has 2 amide bonds. The maximum atomic E-state index is 12.7. The Kier molecular flexibility index (Phi) is 3.35. The molecule has 0 aromatic rings. The van der Waals surface area contributed by atoms with E-state index in [0.717, 1.165) is 44.9 Å². The maximum Gasteiger partial charge on any atom is 0.233 e. The summed E-state index contributed by atoms with van der Waals surface area (Å²) in [5.41, 5.74) is 5.31. The van der Waals surface area contributed by atoms with E-state index in [9.17, 15) is 9.59 Å². The Hall–Kier alpha value is -0.970. The number of carbonyl (C=O) groups is 2. The monoisotopic (exact) mass is 294 g/mol. The molecular formula is C15H22N2O2S. The normalized spacial score (nSPS) is 41.0. The van der Waals surface area contributed by atoms with E-state index in [1.165, 1.54) is 4.90 Å². The summed E-state index contributed by atoms with van der Waals surface area (Å²) in [5.74, 6) is 0.380. The summed E-state index contributed by atoms with van der Waals surface area (Å²) in [7, 11) is 0. The molecule has 1 saturated heterocycles. The van der Waals surface area contributed by atoms with Crippen molar-refractivity contribution in [2.24, 2.45) is 23.5 Å². The van der Waals surface area contributed by atoms with Crippen LogP contribution < -0.4 is 5.73 Å².